The molecule has 0 radical (unpaired) electrons. The normalized spacial score (nSPS) is 14.8. The zero-order valence-electron chi connectivity index (χ0n) is 18.4. The summed E-state index contributed by atoms with van der Waals surface area (Å²) in [6.45, 7) is 2.41. The number of hydrogen-bond acceptors (Lipinski definition) is 5. The third kappa shape index (κ3) is 6.07. The summed E-state index contributed by atoms with van der Waals surface area (Å²) in [6.07, 6.45) is 3.57. The Bertz CT molecular complexity index is 1140. The van der Waals surface area contributed by atoms with Crippen LogP contribution in [0.25, 0.3) is 0 Å². The largest absolute Gasteiger partial charge is 0.379 e. The number of carbonyl (C=O) groups excluding carboxylic acids is 1. The highest BCUT2D eigenvalue weighted by Crippen LogP contribution is 2.15. The Morgan fingerprint density at radius 3 is 2.27 bits per heavy atom. The third-order valence-corrected chi connectivity index (χ3v) is 7.37. The van der Waals surface area contributed by atoms with Gasteiger partial charge in [0, 0.05) is 32.4 Å². The summed E-state index contributed by atoms with van der Waals surface area (Å²) < 4.78 is 33.8. The maximum Gasteiger partial charge on any atom is 0.262 e. The summed E-state index contributed by atoms with van der Waals surface area (Å²) in [5, 5.41) is -0.0453. The Morgan fingerprint density at radius 1 is 0.970 bits per heavy atom. The molecule has 1 aliphatic heterocycles. The molecule has 2 aromatic carbocycles. The molecule has 0 saturated carbocycles. The van der Waals surface area contributed by atoms with Crippen LogP contribution in [0.4, 0.5) is 0 Å². The minimum atomic E-state index is -3.70. The Hall–Kier alpha value is -3.01. The van der Waals surface area contributed by atoms with Gasteiger partial charge in [-0.3, -0.25) is 4.79 Å². The van der Waals surface area contributed by atoms with E-state index < -0.39 is 10.0 Å². The van der Waals surface area contributed by atoms with Gasteiger partial charge in [0.15, 0.2) is 5.03 Å². The highest BCUT2D eigenvalue weighted by atomic mass is 32.2. The van der Waals surface area contributed by atoms with E-state index in [1.54, 1.807) is 4.90 Å². The van der Waals surface area contributed by atoms with Crippen LogP contribution >= 0.6 is 0 Å². The van der Waals surface area contributed by atoms with Gasteiger partial charge in [-0.1, -0.05) is 60.7 Å². The molecule has 0 unspecified atom stereocenters. The topological polar surface area (TPSA) is 84.7 Å². The molecule has 8 nitrogen and oxygen atoms in total. The van der Waals surface area contributed by atoms with Gasteiger partial charge in [-0.15, -0.1) is 0 Å². The number of aromatic nitrogens is 2. The van der Waals surface area contributed by atoms with Gasteiger partial charge in [-0.2, -0.15) is 4.31 Å². The Balaban J connectivity index is 1.45. The lowest BCUT2D eigenvalue weighted by Gasteiger charge is -2.25. The Labute approximate surface area is 194 Å². The molecule has 3 aromatic rings. The molecule has 1 aromatic heterocycles. The van der Waals surface area contributed by atoms with E-state index >= 15 is 0 Å². The molecular weight excluding hydrogens is 440 g/mol. The molecule has 4 rings (SSSR count). The first-order chi connectivity index (χ1) is 16.0. The number of amides is 1. The Morgan fingerprint density at radius 2 is 1.61 bits per heavy atom. The van der Waals surface area contributed by atoms with Crippen molar-refractivity contribution >= 4 is 15.9 Å². The lowest BCUT2D eigenvalue weighted by Crippen LogP contribution is -2.40. The Kier molecular flexibility index (Phi) is 7.54. The van der Waals surface area contributed by atoms with Crippen molar-refractivity contribution in [1.82, 2.24) is 18.8 Å². The summed E-state index contributed by atoms with van der Waals surface area (Å²) >= 11 is 0. The van der Waals surface area contributed by atoms with Crippen molar-refractivity contribution in [2.75, 3.05) is 32.8 Å². The second-order valence-electron chi connectivity index (χ2n) is 7.94. The van der Waals surface area contributed by atoms with Crippen LogP contribution in [-0.4, -0.2) is 65.9 Å². The monoisotopic (exact) mass is 468 g/mol. The number of nitrogens with zero attached hydrogens (tertiary/aromatic N) is 4. The molecule has 0 bridgehead atoms. The molecule has 0 spiro atoms. The van der Waals surface area contributed by atoms with E-state index in [1.165, 1.54) is 21.4 Å². The molecule has 33 heavy (non-hydrogen) atoms. The van der Waals surface area contributed by atoms with Crippen LogP contribution < -0.4 is 0 Å². The molecule has 0 atom stereocenters. The molecular formula is C24H28N4O4S. The van der Waals surface area contributed by atoms with Gasteiger partial charge >= 0.3 is 0 Å². The molecule has 1 aliphatic rings. The summed E-state index contributed by atoms with van der Waals surface area (Å²) in [5.74, 6) is -0.0949. The summed E-state index contributed by atoms with van der Waals surface area (Å²) in [4.78, 5) is 19.1. The average Bonchev–Trinajstić information content (AvgIpc) is 3.33. The summed E-state index contributed by atoms with van der Waals surface area (Å²) in [6, 6.07) is 19.9. The van der Waals surface area contributed by atoms with Gasteiger partial charge in [0.05, 0.1) is 19.5 Å². The average molecular weight is 469 g/mol. The van der Waals surface area contributed by atoms with E-state index in [-0.39, 0.29) is 17.5 Å². The third-order valence-electron chi connectivity index (χ3n) is 5.58. The zero-order chi connectivity index (χ0) is 23.1. The van der Waals surface area contributed by atoms with E-state index in [4.69, 9.17) is 4.74 Å². The van der Waals surface area contributed by atoms with Crippen molar-refractivity contribution in [2.24, 2.45) is 0 Å². The van der Waals surface area contributed by atoms with Crippen LogP contribution in [0, 0.1) is 0 Å². The zero-order valence-corrected chi connectivity index (χ0v) is 19.2. The SMILES string of the molecule is O=C(Cn1cnc(S(=O)(=O)N2CCOCC2)c1)N(CCc1ccccc1)Cc1ccccc1. The second kappa shape index (κ2) is 10.7. The minimum absolute atomic E-state index is 0.0211. The van der Waals surface area contributed by atoms with Crippen molar-refractivity contribution in [3.05, 3.63) is 84.3 Å². The van der Waals surface area contributed by atoms with Crippen molar-refractivity contribution in [1.29, 1.82) is 0 Å². The highest BCUT2D eigenvalue weighted by Gasteiger charge is 2.28. The first-order valence-electron chi connectivity index (χ1n) is 11.0. The number of imidazole rings is 1. The van der Waals surface area contributed by atoms with Crippen LogP contribution in [0.2, 0.25) is 0 Å². The molecule has 0 aliphatic carbocycles. The minimum Gasteiger partial charge on any atom is -0.379 e. The predicted molar refractivity (Wildman–Crippen MR) is 124 cm³/mol. The van der Waals surface area contributed by atoms with Gasteiger partial charge in [0.1, 0.15) is 6.54 Å². The number of sulfonamides is 1. The van der Waals surface area contributed by atoms with Crippen LogP contribution in [0.15, 0.2) is 78.2 Å². The first-order valence-corrected chi connectivity index (χ1v) is 12.4. The lowest BCUT2D eigenvalue weighted by atomic mass is 10.1. The lowest BCUT2D eigenvalue weighted by molar-refractivity contribution is -0.132. The number of morpholine rings is 1. The maximum absolute atomic E-state index is 13.2. The van der Waals surface area contributed by atoms with Crippen LogP contribution in [0.3, 0.4) is 0 Å². The van der Waals surface area contributed by atoms with E-state index in [9.17, 15) is 13.2 Å². The summed E-state index contributed by atoms with van der Waals surface area (Å²) in [7, 11) is -3.70. The van der Waals surface area contributed by atoms with Gasteiger partial charge < -0.3 is 14.2 Å². The van der Waals surface area contributed by atoms with E-state index in [0.29, 0.717) is 39.4 Å². The molecule has 9 heteroatoms. The second-order valence-corrected chi connectivity index (χ2v) is 9.82. The number of benzene rings is 2. The fourth-order valence-electron chi connectivity index (χ4n) is 3.74. The number of ether oxygens (including phenoxy) is 1. The van der Waals surface area contributed by atoms with Crippen LogP contribution in [0.5, 0.6) is 0 Å². The highest BCUT2D eigenvalue weighted by molar-refractivity contribution is 7.89. The fourth-order valence-corrected chi connectivity index (χ4v) is 5.08. The maximum atomic E-state index is 13.2. The van der Waals surface area contributed by atoms with Crippen LogP contribution in [0.1, 0.15) is 11.1 Å². The number of carbonyl (C=O) groups is 1. The van der Waals surface area contributed by atoms with Crippen molar-refractivity contribution < 1.29 is 17.9 Å². The first kappa shape index (κ1) is 23.2. The standard InChI is InChI=1S/C24H28N4O4S/c29-24(19-26-18-23(25-20-26)33(30,31)28-13-15-32-16-14-28)27(17-22-9-5-2-6-10-22)12-11-21-7-3-1-4-8-21/h1-10,18,20H,11-17,19H2. The van der Waals surface area contributed by atoms with Crippen molar-refractivity contribution in [3.8, 4) is 0 Å². The van der Waals surface area contributed by atoms with Crippen molar-refractivity contribution in [2.45, 2.75) is 24.5 Å². The van der Waals surface area contributed by atoms with Gasteiger partial charge in [0.25, 0.3) is 10.0 Å². The van der Waals surface area contributed by atoms with Gasteiger partial charge in [-0.05, 0) is 17.5 Å². The van der Waals surface area contributed by atoms with Crippen molar-refractivity contribution in [3.63, 3.8) is 0 Å². The number of hydrogen-bond donors (Lipinski definition) is 0. The van der Waals surface area contributed by atoms with E-state index in [1.807, 2.05) is 60.7 Å². The summed E-state index contributed by atoms with van der Waals surface area (Å²) in [5.41, 5.74) is 2.20. The van der Waals surface area contributed by atoms with Crippen LogP contribution in [-0.2, 0) is 39.1 Å². The molecule has 0 N–H and O–H groups in total. The fraction of sp³-hybridized carbons (Fsp3) is 0.333. The quantitative estimate of drug-likeness (QED) is 0.481. The molecule has 1 saturated heterocycles. The van der Waals surface area contributed by atoms with E-state index in [2.05, 4.69) is 4.98 Å². The predicted octanol–water partition coefficient (Wildman–Crippen LogP) is 2.18. The molecule has 174 valence electrons. The van der Waals surface area contributed by atoms with Gasteiger partial charge in [-0.25, -0.2) is 13.4 Å². The van der Waals surface area contributed by atoms with Gasteiger partial charge in [0.2, 0.25) is 5.91 Å². The molecule has 1 fully saturated rings. The molecule has 2 heterocycles. The smallest absolute Gasteiger partial charge is 0.262 e. The van der Waals surface area contributed by atoms with E-state index in [0.717, 1.165) is 17.5 Å². The molecule has 1 amide bonds. The number of rotatable bonds is 9.